The van der Waals surface area contributed by atoms with Gasteiger partial charge < -0.3 is 15.2 Å². The van der Waals surface area contributed by atoms with Crippen LogP contribution in [0.1, 0.15) is 13.3 Å². The molecule has 1 aromatic heterocycles. The van der Waals surface area contributed by atoms with E-state index in [4.69, 9.17) is 15.0 Å². The number of nitrogens with one attached hydrogen (secondary N) is 1. The number of rotatable bonds is 1. The van der Waals surface area contributed by atoms with Crippen molar-refractivity contribution in [2.24, 2.45) is 0 Å². The number of H-pyrrole nitrogens is 1. The Hall–Kier alpha value is -2.84. The minimum absolute atomic E-state index is 0.0249. The van der Waals surface area contributed by atoms with E-state index >= 15 is 0 Å². The molecule has 0 aliphatic rings. The van der Waals surface area contributed by atoms with Crippen LogP contribution in [0.15, 0.2) is 41.3 Å². The van der Waals surface area contributed by atoms with Crippen LogP contribution in [0.3, 0.4) is 0 Å². The number of hydrogen-bond acceptors (Lipinski definition) is 3. The number of carbonyl (C=O) groups is 2. The van der Waals surface area contributed by atoms with Crippen molar-refractivity contribution in [2.75, 3.05) is 0 Å². The zero-order chi connectivity index (χ0) is 18.0. The fraction of sp³-hybridized carbons (Fsp3) is 0.214. The van der Waals surface area contributed by atoms with Gasteiger partial charge in [-0.2, -0.15) is 13.2 Å². The molecule has 9 heteroatoms. The van der Waals surface area contributed by atoms with E-state index in [-0.39, 0.29) is 12.0 Å². The lowest BCUT2D eigenvalue weighted by Gasteiger charge is -1.93. The highest BCUT2D eigenvalue weighted by Gasteiger charge is 2.38. The number of halogens is 3. The molecule has 0 unspecified atom stereocenters. The van der Waals surface area contributed by atoms with E-state index in [1.807, 2.05) is 30.3 Å². The molecule has 0 spiro atoms. The molecule has 0 radical (unpaired) electrons. The Bertz CT molecular complexity index is 704. The van der Waals surface area contributed by atoms with Crippen molar-refractivity contribution in [3.05, 3.63) is 46.9 Å². The minimum atomic E-state index is -5.08. The maximum atomic E-state index is 11.1. The van der Waals surface area contributed by atoms with E-state index in [9.17, 15) is 22.8 Å². The Morgan fingerprint density at radius 2 is 1.61 bits per heavy atom. The van der Waals surface area contributed by atoms with Crippen LogP contribution in [0.2, 0.25) is 0 Å². The molecular weight excluding hydrogens is 319 g/mol. The summed E-state index contributed by atoms with van der Waals surface area (Å²) in [6.45, 7) is 1.60. The lowest BCUT2D eigenvalue weighted by Crippen LogP contribution is -2.21. The van der Waals surface area contributed by atoms with Crippen LogP contribution >= 0.6 is 0 Å². The summed E-state index contributed by atoms with van der Waals surface area (Å²) < 4.78 is 31.7. The normalized spacial score (nSPS) is 9.91. The van der Waals surface area contributed by atoms with Gasteiger partial charge in [-0.3, -0.25) is 9.59 Å². The number of pyridine rings is 1. The van der Waals surface area contributed by atoms with Crippen LogP contribution < -0.4 is 5.56 Å². The van der Waals surface area contributed by atoms with Crippen molar-refractivity contribution in [1.29, 1.82) is 0 Å². The summed E-state index contributed by atoms with van der Waals surface area (Å²) >= 11 is 0. The van der Waals surface area contributed by atoms with Crippen LogP contribution in [-0.2, 0) is 9.59 Å². The lowest BCUT2D eigenvalue weighted by atomic mass is 10.2. The first kappa shape index (κ1) is 20.2. The van der Waals surface area contributed by atoms with Gasteiger partial charge >= 0.3 is 18.1 Å². The summed E-state index contributed by atoms with van der Waals surface area (Å²) in [5, 5.41) is 16.6. The van der Waals surface area contributed by atoms with E-state index in [1.165, 1.54) is 0 Å². The van der Waals surface area contributed by atoms with Crippen LogP contribution in [0, 0.1) is 0 Å². The highest BCUT2D eigenvalue weighted by atomic mass is 19.4. The summed E-state index contributed by atoms with van der Waals surface area (Å²) in [4.78, 5) is 32.0. The Kier molecular flexibility index (Phi) is 8.09. The molecule has 0 atom stereocenters. The number of fused-ring (bicyclic) bond motifs is 1. The number of aliphatic carboxylic acids is 2. The molecule has 0 saturated carbocycles. The van der Waals surface area contributed by atoms with Gasteiger partial charge in [0, 0.05) is 18.0 Å². The number of carboxylic acid groups (broad SMARTS) is 2. The average Bonchev–Trinajstić information content (AvgIpc) is 2.48. The highest BCUT2D eigenvalue weighted by Crippen LogP contribution is 2.13. The number of carboxylic acids is 2. The van der Waals surface area contributed by atoms with E-state index in [1.54, 1.807) is 13.1 Å². The molecule has 0 bridgehead atoms. The third-order valence-electron chi connectivity index (χ3n) is 2.23. The molecule has 0 aliphatic carbocycles. The number of alkyl halides is 3. The van der Waals surface area contributed by atoms with Crippen LogP contribution in [-0.4, -0.2) is 33.3 Å². The molecule has 6 nitrogen and oxygen atoms in total. The SMILES string of the molecule is CCC(=O)O.O=C(O)C(F)(F)F.O=c1[nH]ccc2ccccc12. The summed E-state index contributed by atoms with van der Waals surface area (Å²) in [5.41, 5.74) is -0.0249. The third kappa shape index (κ3) is 8.24. The molecule has 0 amide bonds. The second kappa shape index (κ2) is 9.23. The molecule has 0 saturated heterocycles. The first-order valence-corrected chi connectivity index (χ1v) is 6.18. The Morgan fingerprint density at radius 3 is 2.00 bits per heavy atom. The number of aromatic nitrogens is 1. The lowest BCUT2D eigenvalue weighted by molar-refractivity contribution is -0.192. The molecule has 126 valence electrons. The van der Waals surface area contributed by atoms with Crippen molar-refractivity contribution in [3.63, 3.8) is 0 Å². The Morgan fingerprint density at radius 1 is 1.13 bits per heavy atom. The molecule has 1 heterocycles. The summed E-state index contributed by atoms with van der Waals surface area (Å²) in [5.74, 6) is -3.50. The third-order valence-corrected chi connectivity index (χ3v) is 2.23. The number of aromatic amines is 1. The van der Waals surface area contributed by atoms with Crippen LogP contribution in [0.25, 0.3) is 10.8 Å². The standard InChI is InChI=1S/C9H7NO.C3H6O2.C2HF3O2/c11-9-8-4-2-1-3-7(8)5-6-10-9;1-2-3(4)5;3-2(4,5)1(6)7/h1-6H,(H,10,11);2H2,1H3,(H,4,5);(H,6,7). The molecule has 2 aromatic rings. The molecule has 0 aliphatic heterocycles. The van der Waals surface area contributed by atoms with Gasteiger partial charge in [-0.25, -0.2) is 4.79 Å². The van der Waals surface area contributed by atoms with Gasteiger partial charge in [0.1, 0.15) is 0 Å². The smallest absolute Gasteiger partial charge is 0.481 e. The van der Waals surface area contributed by atoms with Gasteiger partial charge in [-0.1, -0.05) is 25.1 Å². The first-order chi connectivity index (χ1) is 10.6. The quantitative estimate of drug-likeness (QED) is 0.743. The van der Waals surface area contributed by atoms with Gasteiger partial charge in [-0.15, -0.1) is 0 Å². The molecule has 23 heavy (non-hydrogen) atoms. The van der Waals surface area contributed by atoms with Crippen LogP contribution in [0.5, 0.6) is 0 Å². The van der Waals surface area contributed by atoms with Crippen molar-refractivity contribution in [2.45, 2.75) is 19.5 Å². The maximum absolute atomic E-state index is 11.1. The monoisotopic (exact) mass is 333 g/mol. The number of benzene rings is 1. The highest BCUT2D eigenvalue weighted by molar-refractivity contribution is 5.80. The summed E-state index contributed by atoms with van der Waals surface area (Å²) in [6.07, 6.45) is -3.20. The molecule has 3 N–H and O–H groups in total. The fourth-order valence-electron chi connectivity index (χ4n) is 1.13. The predicted molar refractivity (Wildman–Crippen MR) is 76.2 cm³/mol. The zero-order valence-corrected chi connectivity index (χ0v) is 11.9. The summed E-state index contributed by atoms with van der Waals surface area (Å²) in [7, 11) is 0. The van der Waals surface area contributed by atoms with E-state index in [0.717, 1.165) is 10.8 Å². The fourth-order valence-corrected chi connectivity index (χ4v) is 1.13. The zero-order valence-electron chi connectivity index (χ0n) is 11.9. The topological polar surface area (TPSA) is 107 Å². The number of hydrogen-bond donors (Lipinski definition) is 3. The van der Waals surface area contributed by atoms with E-state index < -0.39 is 18.1 Å². The molecule has 2 rings (SSSR count). The van der Waals surface area contributed by atoms with Crippen molar-refractivity contribution in [3.8, 4) is 0 Å². The second-order valence-electron chi connectivity index (χ2n) is 3.94. The van der Waals surface area contributed by atoms with Gasteiger partial charge in [0.2, 0.25) is 0 Å². The van der Waals surface area contributed by atoms with Crippen molar-refractivity contribution >= 4 is 22.7 Å². The van der Waals surface area contributed by atoms with Gasteiger partial charge in [0.15, 0.2) is 0 Å². The summed E-state index contributed by atoms with van der Waals surface area (Å²) in [6, 6.07) is 9.40. The molecule has 1 aromatic carbocycles. The largest absolute Gasteiger partial charge is 0.490 e. The Balaban J connectivity index is 0.000000351. The van der Waals surface area contributed by atoms with Gasteiger partial charge in [0.05, 0.1) is 0 Å². The van der Waals surface area contributed by atoms with Crippen molar-refractivity contribution < 1.29 is 33.0 Å². The average molecular weight is 333 g/mol. The Labute approximate surface area is 128 Å². The van der Waals surface area contributed by atoms with E-state index in [2.05, 4.69) is 4.98 Å². The predicted octanol–water partition coefficient (Wildman–Crippen LogP) is 2.64. The second-order valence-corrected chi connectivity index (χ2v) is 3.94. The van der Waals surface area contributed by atoms with Gasteiger partial charge in [0.25, 0.3) is 5.56 Å². The first-order valence-electron chi connectivity index (χ1n) is 6.18. The van der Waals surface area contributed by atoms with E-state index in [0.29, 0.717) is 0 Å². The van der Waals surface area contributed by atoms with Gasteiger partial charge in [-0.05, 0) is 17.5 Å². The van der Waals surface area contributed by atoms with Crippen LogP contribution in [0.4, 0.5) is 13.2 Å². The molecular formula is C14H14F3NO5. The minimum Gasteiger partial charge on any atom is -0.481 e. The maximum Gasteiger partial charge on any atom is 0.490 e. The molecule has 0 fully saturated rings. The van der Waals surface area contributed by atoms with Crippen molar-refractivity contribution in [1.82, 2.24) is 4.98 Å².